The van der Waals surface area contributed by atoms with Crippen LogP contribution in [0.2, 0.25) is 0 Å². The Kier molecular flexibility index (Phi) is 6.55. The summed E-state index contributed by atoms with van der Waals surface area (Å²) in [7, 11) is 0. The van der Waals surface area contributed by atoms with Crippen molar-refractivity contribution in [3.63, 3.8) is 0 Å². The van der Waals surface area contributed by atoms with Gasteiger partial charge in [-0.25, -0.2) is 4.79 Å². The predicted molar refractivity (Wildman–Crippen MR) is 115 cm³/mol. The minimum atomic E-state index is -0.672. The van der Waals surface area contributed by atoms with E-state index in [0.717, 1.165) is 16.3 Å². The highest BCUT2D eigenvalue weighted by molar-refractivity contribution is 6.30. The second-order valence-corrected chi connectivity index (χ2v) is 7.97. The van der Waals surface area contributed by atoms with E-state index in [2.05, 4.69) is 0 Å². The molecular weight excluding hydrogens is 388 g/mol. The number of esters is 2. The molecule has 3 aromatic rings. The van der Waals surface area contributed by atoms with Gasteiger partial charge >= 0.3 is 11.9 Å². The first-order valence-corrected chi connectivity index (χ1v) is 9.94. The number of halogens is 1. The number of fused-ring (bicyclic) bond motifs is 1. The average Bonchev–Trinajstić information content (AvgIpc) is 2.68. The molecule has 0 saturated carbocycles. The van der Waals surface area contributed by atoms with Crippen LogP contribution in [0.5, 0.6) is 11.5 Å². The summed E-state index contributed by atoms with van der Waals surface area (Å²) in [5.41, 5.74) is 1.57. The van der Waals surface area contributed by atoms with Crippen molar-refractivity contribution < 1.29 is 19.1 Å². The highest BCUT2D eigenvalue weighted by Gasteiger charge is 2.19. The molecule has 0 N–H and O–H groups in total. The van der Waals surface area contributed by atoms with Gasteiger partial charge in [0.2, 0.25) is 0 Å². The lowest BCUT2D eigenvalue weighted by Crippen LogP contribution is -2.22. The summed E-state index contributed by atoms with van der Waals surface area (Å²) in [6.45, 7) is 5.96. The zero-order valence-corrected chi connectivity index (χ0v) is 17.4. The van der Waals surface area contributed by atoms with E-state index in [-0.39, 0.29) is 0 Å². The van der Waals surface area contributed by atoms with Crippen LogP contribution in [0.25, 0.3) is 10.8 Å². The predicted octanol–water partition coefficient (Wildman–Crippen LogP) is 5.93. The molecule has 0 bridgehead atoms. The Morgan fingerprint density at radius 2 is 1.41 bits per heavy atom. The van der Waals surface area contributed by atoms with E-state index in [9.17, 15) is 9.59 Å². The van der Waals surface area contributed by atoms with Gasteiger partial charge in [-0.05, 0) is 66.4 Å². The van der Waals surface area contributed by atoms with Gasteiger partial charge in [0, 0.05) is 0 Å². The topological polar surface area (TPSA) is 52.6 Å². The first-order chi connectivity index (χ1) is 13.8. The molecule has 3 aromatic carbocycles. The molecule has 29 heavy (non-hydrogen) atoms. The van der Waals surface area contributed by atoms with E-state index in [4.69, 9.17) is 21.1 Å². The summed E-state index contributed by atoms with van der Waals surface area (Å²) in [4.78, 5) is 24.4. The molecule has 3 rings (SSSR count). The molecule has 0 spiro atoms. The van der Waals surface area contributed by atoms with Gasteiger partial charge in [0.05, 0.1) is 5.56 Å². The third-order valence-corrected chi connectivity index (χ3v) is 4.79. The Hall–Kier alpha value is -2.85. The van der Waals surface area contributed by atoms with Crippen molar-refractivity contribution >= 4 is 34.3 Å². The van der Waals surface area contributed by atoms with Crippen molar-refractivity contribution in [2.24, 2.45) is 5.92 Å². The van der Waals surface area contributed by atoms with Gasteiger partial charge in [-0.3, -0.25) is 4.79 Å². The molecule has 0 amide bonds. The number of benzene rings is 3. The SMILES string of the molecule is Cc1ccc(C(=O)Oc2ccc3cc(OC(=O)C(Cl)CC(C)C)ccc3c2)cc1. The molecule has 0 fully saturated rings. The Balaban J connectivity index is 1.71. The molecule has 0 aromatic heterocycles. The fraction of sp³-hybridized carbons (Fsp3) is 0.250. The van der Waals surface area contributed by atoms with E-state index in [1.165, 1.54) is 0 Å². The van der Waals surface area contributed by atoms with E-state index in [0.29, 0.717) is 29.4 Å². The summed E-state index contributed by atoms with van der Waals surface area (Å²) in [5.74, 6) is 0.325. The number of carbonyl (C=O) groups excluding carboxylic acids is 2. The first-order valence-electron chi connectivity index (χ1n) is 9.50. The molecule has 4 nitrogen and oxygen atoms in total. The summed E-state index contributed by atoms with van der Waals surface area (Å²) in [5, 5.41) is 1.05. The fourth-order valence-corrected chi connectivity index (χ4v) is 3.28. The molecule has 0 radical (unpaired) electrons. The molecule has 1 unspecified atom stereocenters. The van der Waals surface area contributed by atoms with Crippen molar-refractivity contribution in [1.29, 1.82) is 0 Å². The molecular formula is C24H23ClO4. The van der Waals surface area contributed by atoms with Gasteiger partial charge < -0.3 is 9.47 Å². The number of ether oxygens (including phenoxy) is 2. The van der Waals surface area contributed by atoms with Gasteiger partial charge in [-0.2, -0.15) is 0 Å². The average molecular weight is 411 g/mol. The number of hydrogen-bond donors (Lipinski definition) is 0. The molecule has 0 heterocycles. The lowest BCUT2D eigenvalue weighted by molar-refractivity contribution is -0.134. The van der Waals surface area contributed by atoms with Crippen molar-refractivity contribution in [2.75, 3.05) is 0 Å². The van der Waals surface area contributed by atoms with Gasteiger partial charge in [-0.1, -0.05) is 43.7 Å². The van der Waals surface area contributed by atoms with Crippen LogP contribution in [-0.2, 0) is 4.79 Å². The van der Waals surface area contributed by atoms with E-state index in [1.807, 2.05) is 45.0 Å². The lowest BCUT2D eigenvalue weighted by Gasteiger charge is -2.12. The number of rotatable bonds is 6. The zero-order chi connectivity index (χ0) is 21.0. The first kappa shape index (κ1) is 20.9. The zero-order valence-electron chi connectivity index (χ0n) is 16.6. The van der Waals surface area contributed by atoms with Crippen LogP contribution in [0.3, 0.4) is 0 Å². The fourth-order valence-electron chi connectivity index (χ4n) is 2.87. The number of hydrogen-bond acceptors (Lipinski definition) is 4. The third kappa shape index (κ3) is 5.58. The molecule has 0 saturated heterocycles. The normalized spacial score (nSPS) is 12.0. The van der Waals surface area contributed by atoms with Crippen LogP contribution in [-0.4, -0.2) is 17.3 Å². The molecule has 5 heteroatoms. The minimum absolute atomic E-state index is 0.308. The van der Waals surface area contributed by atoms with Crippen LogP contribution in [0.1, 0.15) is 36.2 Å². The molecule has 150 valence electrons. The largest absolute Gasteiger partial charge is 0.425 e. The van der Waals surface area contributed by atoms with E-state index < -0.39 is 17.3 Å². The quantitative estimate of drug-likeness (QED) is 0.287. The Morgan fingerprint density at radius 1 is 0.862 bits per heavy atom. The van der Waals surface area contributed by atoms with Gasteiger partial charge in [0.25, 0.3) is 0 Å². The standard InChI is InChI=1S/C24H23ClO4/c1-15(2)12-22(25)24(27)29-21-11-9-18-13-20(10-8-19(18)14-21)28-23(26)17-6-4-16(3)5-7-17/h4-11,13-15,22H,12H2,1-3H3. The minimum Gasteiger partial charge on any atom is -0.425 e. The van der Waals surface area contributed by atoms with Crippen molar-refractivity contribution in [3.05, 3.63) is 71.8 Å². The van der Waals surface area contributed by atoms with Crippen molar-refractivity contribution in [3.8, 4) is 11.5 Å². The third-order valence-electron chi connectivity index (χ3n) is 4.43. The monoisotopic (exact) mass is 410 g/mol. The van der Waals surface area contributed by atoms with Gasteiger partial charge in [0.1, 0.15) is 16.9 Å². The maximum absolute atomic E-state index is 12.3. The summed E-state index contributed by atoms with van der Waals surface area (Å²) in [6.07, 6.45) is 0.559. The molecule has 0 aliphatic carbocycles. The van der Waals surface area contributed by atoms with Crippen LogP contribution in [0, 0.1) is 12.8 Å². The van der Waals surface area contributed by atoms with Gasteiger partial charge in [-0.15, -0.1) is 11.6 Å². The van der Waals surface area contributed by atoms with Crippen molar-refractivity contribution in [2.45, 2.75) is 32.6 Å². The van der Waals surface area contributed by atoms with E-state index in [1.54, 1.807) is 36.4 Å². The smallest absolute Gasteiger partial charge is 0.343 e. The number of carbonyl (C=O) groups is 2. The maximum Gasteiger partial charge on any atom is 0.343 e. The van der Waals surface area contributed by atoms with Crippen molar-refractivity contribution in [1.82, 2.24) is 0 Å². The summed E-state index contributed by atoms with van der Waals surface area (Å²) >= 11 is 6.10. The van der Waals surface area contributed by atoms with E-state index >= 15 is 0 Å². The Bertz CT molecular complexity index is 1020. The highest BCUT2D eigenvalue weighted by Crippen LogP contribution is 2.26. The second-order valence-electron chi connectivity index (χ2n) is 7.44. The van der Waals surface area contributed by atoms with Crippen LogP contribution < -0.4 is 9.47 Å². The summed E-state index contributed by atoms with van der Waals surface area (Å²) in [6, 6.07) is 17.8. The van der Waals surface area contributed by atoms with Crippen LogP contribution in [0.4, 0.5) is 0 Å². The number of aryl methyl sites for hydroxylation is 1. The molecule has 0 aliphatic heterocycles. The van der Waals surface area contributed by atoms with Crippen LogP contribution in [0.15, 0.2) is 60.7 Å². The lowest BCUT2D eigenvalue weighted by atomic mass is 10.1. The van der Waals surface area contributed by atoms with Gasteiger partial charge in [0.15, 0.2) is 0 Å². The Morgan fingerprint density at radius 3 is 1.97 bits per heavy atom. The Labute approximate surface area is 175 Å². The molecule has 0 aliphatic rings. The molecule has 1 atom stereocenters. The number of alkyl halides is 1. The maximum atomic E-state index is 12.3. The summed E-state index contributed by atoms with van der Waals surface area (Å²) < 4.78 is 10.9. The van der Waals surface area contributed by atoms with Crippen LogP contribution >= 0.6 is 11.6 Å². The second kappa shape index (κ2) is 9.10. The highest BCUT2D eigenvalue weighted by atomic mass is 35.5.